The van der Waals surface area contributed by atoms with Gasteiger partial charge in [0.1, 0.15) is 11.2 Å². The molecule has 4 aliphatic rings. The molecular weight excluding hydrogens is 741 g/mol. The van der Waals surface area contributed by atoms with E-state index in [-0.39, 0.29) is 10.8 Å². The normalized spacial score (nSPS) is 21.5. The van der Waals surface area contributed by atoms with Crippen LogP contribution in [0.2, 0.25) is 0 Å². The standard InChI is InChI=1S/C58H54N2O/c1-3-5-11-42-18-24-48(25-19-42)59(49-26-22-46(23-27-49)58-38-43-34-44(39-58)37-57(36-43,40-58)45-20-16-41(4-2)17-21-45)50-28-30-51(31-29-50)60(47-12-7-6-8-13-47)52-32-33-56-54(35-52)53-14-9-10-15-55(53)61-56/h4,6-10,12-33,35,43-44H,2-3,5,11,34,36-40H2,1H3. The molecule has 4 aliphatic carbocycles. The van der Waals surface area contributed by atoms with E-state index in [0.29, 0.717) is 0 Å². The zero-order valence-electron chi connectivity index (χ0n) is 35.3. The number of furan rings is 1. The molecule has 0 aliphatic heterocycles. The number of para-hydroxylation sites is 2. The number of aryl methyl sites for hydroxylation is 1. The minimum Gasteiger partial charge on any atom is -0.456 e. The third-order valence-electron chi connectivity index (χ3n) is 14.6. The number of unbranched alkanes of at least 4 members (excludes halogenated alkanes) is 1. The molecule has 0 amide bonds. The smallest absolute Gasteiger partial charge is 0.135 e. The summed E-state index contributed by atoms with van der Waals surface area (Å²) < 4.78 is 6.22. The highest BCUT2D eigenvalue weighted by Crippen LogP contribution is 2.66. The quantitative estimate of drug-likeness (QED) is 0.123. The van der Waals surface area contributed by atoms with Crippen LogP contribution in [0.25, 0.3) is 28.0 Å². The van der Waals surface area contributed by atoms with Gasteiger partial charge in [0.2, 0.25) is 0 Å². The van der Waals surface area contributed by atoms with Gasteiger partial charge in [-0.15, -0.1) is 0 Å². The number of hydrogen-bond donors (Lipinski definition) is 0. The number of hydrogen-bond acceptors (Lipinski definition) is 3. The third kappa shape index (κ3) is 6.76. The number of fused-ring (bicyclic) bond motifs is 3. The number of anilines is 6. The van der Waals surface area contributed by atoms with Crippen molar-refractivity contribution in [1.29, 1.82) is 0 Å². The molecule has 4 bridgehead atoms. The summed E-state index contributed by atoms with van der Waals surface area (Å²) in [6.45, 7) is 6.28. The fraction of sp³-hybridized carbons (Fsp3) is 0.241. The molecule has 8 aromatic rings. The molecule has 7 aromatic carbocycles. The van der Waals surface area contributed by atoms with Crippen molar-refractivity contribution in [2.45, 2.75) is 75.5 Å². The van der Waals surface area contributed by atoms with Crippen LogP contribution >= 0.6 is 0 Å². The van der Waals surface area contributed by atoms with Gasteiger partial charge >= 0.3 is 0 Å². The summed E-state index contributed by atoms with van der Waals surface area (Å²) in [7, 11) is 0. The molecule has 3 nitrogen and oxygen atoms in total. The van der Waals surface area contributed by atoms with Crippen LogP contribution in [0.15, 0.2) is 181 Å². The van der Waals surface area contributed by atoms with E-state index in [9.17, 15) is 0 Å². The fourth-order valence-electron chi connectivity index (χ4n) is 12.1. The van der Waals surface area contributed by atoms with Gasteiger partial charge in [0.05, 0.1) is 0 Å². The number of nitrogens with zero attached hydrogens (tertiary/aromatic N) is 2. The van der Waals surface area contributed by atoms with Crippen molar-refractivity contribution in [2.75, 3.05) is 9.80 Å². The van der Waals surface area contributed by atoms with Crippen molar-refractivity contribution < 1.29 is 4.42 Å². The van der Waals surface area contributed by atoms with Crippen LogP contribution in [0.4, 0.5) is 34.1 Å². The Hall–Kier alpha value is -6.32. The van der Waals surface area contributed by atoms with E-state index in [0.717, 1.165) is 62.9 Å². The molecule has 1 heterocycles. The molecule has 302 valence electrons. The van der Waals surface area contributed by atoms with Gasteiger partial charge in [0, 0.05) is 44.9 Å². The van der Waals surface area contributed by atoms with Crippen LogP contribution in [-0.4, -0.2) is 0 Å². The van der Waals surface area contributed by atoms with Gasteiger partial charge in [-0.1, -0.05) is 111 Å². The highest BCUT2D eigenvalue weighted by molar-refractivity contribution is 6.06. The Morgan fingerprint density at radius 2 is 1.03 bits per heavy atom. The van der Waals surface area contributed by atoms with E-state index in [1.165, 1.54) is 79.4 Å². The van der Waals surface area contributed by atoms with Crippen LogP contribution < -0.4 is 9.80 Å². The summed E-state index contributed by atoms with van der Waals surface area (Å²) in [6, 6.07) is 63.1. The summed E-state index contributed by atoms with van der Waals surface area (Å²) in [4.78, 5) is 4.79. The predicted octanol–water partition coefficient (Wildman–Crippen LogP) is 16.3. The maximum absolute atomic E-state index is 6.22. The van der Waals surface area contributed by atoms with E-state index < -0.39 is 0 Å². The van der Waals surface area contributed by atoms with Gasteiger partial charge in [-0.3, -0.25) is 0 Å². The first-order valence-corrected chi connectivity index (χ1v) is 22.6. The monoisotopic (exact) mass is 794 g/mol. The minimum atomic E-state index is 0.236. The highest BCUT2D eigenvalue weighted by Gasteiger charge is 2.58. The second-order valence-corrected chi connectivity index (χ2v) is 18.5. The highest BCUT2D eigenvalue weighted by atomic mass is 16.3. The first-order valence-electron chi connectivity index (χ1n) is 22.6. The van der Waals surface area contributed by atoms with Crippen LogP contribution in [-0.2, 0) is 17.3 Å². The topological polar surface area (TPSA) is 19.6 Å². The van der Waals surface area contributed by atoms with E-state index in [4.69, 9.17) is 4.42 Å². The Morgan fingerprint density at radius 3 is 1.64 bits per heavy atom. The van der Waals surface area contributed by atoms with Gasteiger partial charge in [0.25, 0.3) is 0 Å². The predicted molar refractivity (Wildman–Crippen MR) is 256 cm³/mol. The van der Waals surface area contributed by atoms with Crippen LogP contribution in [0.1, 0.15) is 80.5 Å². The molecule has 12 rings (SSSR count). The first-order chi connectivity index (χ1) is 30.0. The Labute approximate surface area is 361 Å². The van der Waals surface area contributed by atoms with Gasteiger partial charge < -0.3 is 14.2 Å². The Kier molecular flexibility index (Phi) is 9.45. The zero-order valence-corrected chi connectivity index (χ0v) is 35.3. The second kappa shape index (κ2) is 15.3. The lowest BCUT2D eigenvalue weighted by Gasteiger charge is -2.63. The van der Waals surface area contributed by atoms with Gasteiger partial charge in [-0.05, 0) is 181 Å². The molecule has 0 spiro atoms. The van der Waals surface area contributed by atoms with Crippen LogP contribution in [0, 0.1) is 11.8 Å². The molecular formula is C58H54N2O. The molecule has 4 fully saturated rings. The lowest BCUT2D eigenvalue weighted by Crippen LogP contribution is -2.55. The van der Waals surface area contributed by atoms with E-state index >= 15 is 0 Å². The summed E-state index contributed by atoms with van der Waals surface area (Å²) in [5, 5.41) is 2.25. The van der Waals surface area contributed by atoms with E-state index in [2.05, 4.69) is 181 Å². The molecule has 61 heavy (non-hydrogen) atoms. The molecule has 2 atom stereocenters. The maximum Gasteiger partial charge on any atom is 0.135 e. The average Bonchev–Trinajstić information content (AvgIpc) is 3.68. The number of benzene rings is 7. The van der Waals surface area contributed by atoms with Gasteiger partial charge in [0.15, 0.2) is 0 Å². The molecule has 2 unspecified atom stereocenters. The van der Waals surface area contributed by atoms with Crippen molar-refractivity contribution in [3.05, 3.63) is 199 Å². The SMILES string of the molecule is C=Cc1ccc(C23CC4CC(C2)CC(c2ccc(N(c5ccc(CCCC)cc5)c5ccc(N(c6ccccc6)c6ccc7oc8ccccc8c7c6)cc5)cc2)(C4)C3)cc1. The lowest BCUT2D eigenvalue weighted by molar-refractivity contribution is -0.0281. The van der Waals surface area contributed by atoms with Crippen molar-refractivity contribution >= 4 is 62.1 Å². The Bertz CT molecular complexity index is 2800. The van der Waals surface area contributed by atoms with Crippen molar-refractivity contribution in [1.82, 2.24) is 0 Å². The van der Waals surface area contributed by atoms with Crippen molar-refractivity contribution in [3.8, 4) is 0 Å². The van der Waals surface area contributed by atoms with Crippen LogP contribution in [0.5, 0.6) is 0 Å². The second-order valence-electron chi connectivity index (χ2n) is 18.5. The average molecular weight is 795 g/mol. The molecule has 0 radical (unpaired) electrons. The van der Waals surface area contributed by atoms with Crippen molar-refractivity contribution in [3.63, 3.8) is 0 Å². The molecule has 3 heteroatoms. The van der Waals surface area contributed by atoms with E-state index in [1.807, 2.05) is 18.2 Å². The summed E-state index contributed by atoms with van der Waals surface area (Å²) in [6.07, 6.45) is 13.5. The summed E-state index contributed by atoms with van der Waals surface area (Å²) >= 11 is 0. The van der Waals surface area contributed by atoms with Gasteiger partial charge in [-0.25, -0.2) is 0 Å². The largest absolute Gasteiger partial charge is 0.456 e. The molecule has 4 saturated carbocycles. The Morgan fingerprint density at radius 1 is 0.541 bits per heavy atom. The zero-order chi connectivity index (χ0) is 41.0. The fourth-order valence-corrected chi connectivity index (χ4v) is 12.1. The Balaban J connectivity index is 0.953. The van der Waals surface area contributed by atoms with Crippen LogP contribution in [0.3, 0.4) is 0 Å². The molecule has 0 N–H and O–H groups in total. The third-order valence-corrected chi connectivity index (χ3v) is 14.6. The maximum atomic E-state index is 6.22. The summed E-state index contributed by atoms with van der Waals surface area (Å²) in [5.74, 6) is 1.61. The number of rotatable bonds is 12. The van der Waals surface area contributed by atoms with E-state index in [1.54, 1.807) is 5.56 Å². The van der Waals surface area contributed by atoms with Crippen molar-refractivity contribution in [2.24, 2.45) is 11.8 Å². The molecule has 0 saturated heterocycles. The van der Waals surface area contributed by atoms with Gasteiger partial charge in [-0.2, -0.15) is 0 Å². The summed E-state index contributed by atoms with van der Waals surface area (Å²) in [5.41, 5.74) is 14.8. The first kappa shape index (κ1) is 37.7. The minimum absolute atomic E-state index is 0.236. The lowest BCUT2D eigenvalue weighted by atomic mass is 9.42. The molecule has 1 aromatic heterocycles.